The van der Waals surface area contributed by atoms with Crippen molar-refractivity contribution in [1.29, 1.82) is 0 Å². The van der Waals surface area contributed by atoms with E-state index < -0.39 is 12.0 Å². The van der Waals surface area contributed by atoms with Crippen molar-refractivity contribution in [2.24, 2.45) is 0 Å². The van der Waals surface area contributed by atoms with Gasteiger partial charge in [0.05, 0.1) is 23.4 Å². The maximum Gasteiger partial charge on any atom is 0.335 e. The summed E-state index contributed by atoms with van der Waals surface area (Å²) in [4.78, 5) is 35.1. The smallest absolute Gasteiger partial charge is 0.335 e. The van der Waals surface area contributed by atoms with Crippen LogP contribution in [0.4, 0.5) is 17.1 Å². The molecule has 7 heteroatoms. The summed E-state index contributed by atoms with van der Waals surface area (Å²) in [7, 11) is 0. The quantitative estimate of drug-likeness (QED) is 0.689. The second kappa shape index (κ2) is 6.41. The molecule has 2 aromatic rings. The van der Waals surface area contributed by atoms with Crippen LogP contribution in [-0.4, -0.2) is 28.9 Å². The molecule has 2 amide bonds. The van der Waals surface area contributed by atoms with Gasteiger partial charge in [-0.15, -0.1) is 0 Å². The molecule has 4 N–H and O–H groups in total. The van der Waals surface area contributed by atoms with Gasteiger partial charge >= 0.3 is 5.97 Å². The van der Waals surface area contributed by atoms with Gasteiger partial charge in [0.15, 0.2) is 0 Å². The maximum absolute atomic E-state index is 12.1. The molecule has 24 heavy (non-hydrogen) atoms. The molecule has 1 aliphatic heterocycles. The van der Waals surface area contributed by atoms with Crippen molar-refractivity contribution < 1.29 is 19.5 Å². The van der Waals surface area contributed by atoms with Crippen molar-refractivity contribution in [3.05, 3.63) is 54.1 Å². The molecule has 2 aromatic carbocycles. The lowest BCUT2D eigenvalue weighted by Gasteiger charge is -2.26. The van der Waals surface area contributed by atoms with Crippen molar-refractivity contribution >= 4 is 34.8 Å². The van der Waals surface area contributed by atoms with E-state index in [1.807, 2.05) is 18.2 Å². The zero-order valence-electron chi connectivity index (χ0n) is 12.6. The minimum absolute atomic E-state index is 0.0720. The first-order valence-corrected chi connectivity index (χ1v) is 7.32. The number of carboxylic acids is 1. The predicted octanol–water partition coefficient (Wildman–Crippen LogP) is 2.15. The number of rotatable bonds is 4. The normalized spacial score (nSPS) is 15.7. The SMILES string of the molecule is O=C(C[C@H]1Nc2ccccc2NC1=O)Nc1cccc(C(=O)O)c1. The maximum atomic E-state index is 12.1. The van der Waals surface area contributed by atoms with Gasteiger partial charge in [-0.05, 0) is 30.3 Å². The highest BCUT2D eigenvalue weighted by molar-refractivity contribution is 6.06. The van der Waals surface area contributed by atoms with Crippen LogP contribution in [0.5, 0.6) is 0 Å². The number of hydrogen-bond donors (Lipinski definition) is 4. The summed E-state index contributed by atoms with van der Waals surface area (Å²) in [6.45, 7) is 0. The Balaban J connectivity index is 1.66. The number of benzene rings is 2. The molecule has 122 valence electrons. The van der Waals surface area contributed by atoms with Crippen LogP contribution in [0.15, 0.2) is 48.5 Å². The van der Waals surface area contributed by atoms with Crippen molar-refractivity contribution in [3.8, 4) is 0 Å². The number of aromatic carboxylic acids is 1. The van der Waals surface area contributed by atoms with Gasteiger partial charge in [0.2, 0.25) is 11.8 Å². The van der Waals surface area contributed by atoms with Gasteiger partial charge in [-0.3, -0.25) is 9.59 Å². The lowest BCUT2D eigenvalue weighted by molar-refractivity contribution is -0.122. The van der Waals surface area contributed by atoms with E-state index in [-0.39, 0.29) is 23.8 Å². The summed E-state index contributed by atoms with van der Waals surface area (Å²) in [6, 6.07) is 12.5. The molecular formula is C17H15N3O4. The van der Waals surface area contributed by atoms with Gasteiger partial charge in [-0.2, -0.15) is 0 Å². The summed E-state index contributed by atoms with van der Waals surface area (Å²) >= 11 is 0. The molecule has 0 radical (unpaired) electrons. The Morgan fingerprint density at radius 2 is 1.83 bits per heavy atom. The summed E-state index contributed by atoms with van der Waals surface area (Å²) in [5, 5.41) is 17.3. The van der Waals surface area contributed by atoms with Gasteiger partial charge < -0.3 is 21.1 Å². The Morgan fingerprint density at radius 3 is 2.58 bits per heavy atom. The van der Waals surface area contributed by atoms with Gasteiger partial charge in [0.1, 0.15) is 6.04 Å². The Kier molecular flexibility index (Phi) is 4.15. The molecule has 0 saturated carbocycles. The van der Waals surface area contributed by atoms with E-state index in [0.29, 0.717) is 11.4 Å². The number of hydrogen-bond acceptors (Lipinski definition) is 4. The molecule has 0 spiro atoms. The van der Waals surface area contributed by atoms with Crippen LogP contribution in [0.2, 0.25) is 0 Å². The fourth-order valence-electron chi connectivity index (χ4n) is 2.46. The van der Waals surface area contributed by atoms with Crippen LogP contribution in [-0.2, 0) is 9.59 Å². The van der Waals surface area contributed by atoms with Gasteiger partial charge in [0.25, 0.3) is 0 Å². The van der Waals surface area contributed by atoms with E-state index in [4.69, 9.17) is 5.11 Å². The number of carboxylic acid groups (broad SMARTS) is 1. The highest BCUT2D eigenvalue weighted by Gasteiger charge is 2.27. The monoisotopic (exact) mass is 325 g/mol. The Labute approximate surface area is 137 Å². The lowest BCUT2D eigenvalue weighted by Crippen LogP contribution is -2.41. The van der Waals surface area contributed by atoms with Crippen LogP contribution in [0.3, 0.4) is 0 Å². The number of carbonyl (C=O) groups excluding carboxylic acids is 2. The lowest BCUT2D eigenvalue weighted by atomic mass is 10.1. The van der Waals surface area contributed by atoms with Gasteiger partial charge in [-0.25, -0.2) is 4.79 Å². The molecule has 0 aliphatic carbocycles. The molecular weight excluding hydrogens is 310 g/mol. The second-order valence-corrected chi connectivity index (χ2v) is 5.37. The molecule has 1 atom stereocenters. The minimum Gasteiger partial charge on any atom is -0.478 e. The number of amides is 2. The first kappa shape index (κ1) is 15.5. The fraction of sp³-hybridized carbons (Fsp3) is 0.118. The van der Waals surface area contributed by atoms with E-state index in [0.717, 1.165) is 5.69 Å². The average molecular weight is 325 g/mol. The highest BCUT2D eigenvalue weighted by atomic mass is 16.4. The third-order valence-corrected chi connectivity index (χ3v) is 3.61. The predicted molar refractivity (Wildman–Crippen MR) is 89.1 cm³/mol. The van der Waals surface area contributed by atoms with Crippen LogP contribution >= 0.6 is 0 Å². The third-order valence-electron chi connectivity index (χ3n) is 3.61. The molecule has 0 bridgehead atoms. The summed E-state index contributed by atoms with van der Waals surface area (Å²) in [5.41, 5.74) is 1.88. The Hall–Kier alpha value is -3.35. The number of para-hydroxylation sites is 2. The standard InChI is InChI=1S/C17H15N3O4/c21-15(18-11-5-3-4-10(8-11)17(23)24)9-14-16(22)20-13-7-2-1-6-12(13)19-14/h1-8,14,19H,9H2,(H,18,21)(H,20,22)(H,23,24)/t14-/m1/s1. The molecule has 1 aliphatic rings. The van der Waals surface area contributed by atoms with Gasteiger partial charge in [0, 0.05) is 5.69 Å². The van der Waals surface area contributed by atoms with Crippen LogP contribution in [0.1, 0.15) is 16.8 Å². The second-order valence-electron chi connectivity index (χ2n) is 5.37. The molecule has 0 saturated heterocycles. The molecule has 7 nitrogen and oxygen atoms in total. The molecule has 3 rings (SSSR count). The largest absolute Gasteiger partial charge is 0.478 e. The Bertz CT molecular complexity index is 819. The number of fused-ring (bicyclic) bond motifs is 1. The van der Waals surface area contributed by atoms with Crippen molar-refractivity contribution in [1.82, 2.24) is 0 Å². The van der Waals surface area contributed by atoms with Crippen molar-refractivity contribution in [3.63, 3.8) is 0 Å². The topological polar surface area (TPSA) is 108 Å². The summed E-state index contributed by atoms with van der Waals surface area (Å²) in [5.74, 6) is -1.75. The van der Waals surface area contributed by atoms with E-state index in [9.17, 15) is 14.4 Å². The van der Waals surface area contributed by atoms with E-state index in [1.165, 1.54) is 12.1 Å². The number of carbonyl (C=O) groups is 3. The minimum atomic E-state index is -1.07. The zero-order chi connectivity index (χ0) is 17.1. The first-order valence-electron chi connectivity index (χ1n) is 7.32. The molecule has 0 fully saturated rings. The van der Waals surface area contributed by atoms with E-state index in [2.05, 4.69) is 16.0 Å². The molecule has 0 unspecified atom stereocenters. The first-order chi connectivity index (χ1) is 11.5. The van der Waals surface area contributed by atoms with Gasteiger partial charge in [-0.1, -0.05) is 18.2 Å². The van der Waals surface area contributed by atoms with Crippen LogP contribution in [0.25, 0.3) is 0 Å². The third kappa shape index (κ3) is 3.35. The zero-order valence-corrected chi connectivity index (χ0v) is 12.6. The number of nitrogens with one attached hydrogen (secondary N) is 3. The van der Waals surface area contributed by atoms with Crippen LogP contribution in [0, 0.1) is 0 Å². The van der Waals surface area contributed by atoms with E-state index >= 15 is 0 Å². The Morgan fingerprint density at radius 1 is 1.08 bits per heavy atom. The summed E-state index contributed by atoms with van der Waals surface area (Å²) in [6.07, 6.45) is -0.0720. The molecule has 0 aromatic heterocycles. The highest BCUT2D eigenvalue weighted by Crippen LogP contribution is 2.26. The van der Waals surface area contributed by atoms with Crippen molar-refractivity contribution in [2.45, 2.75) is 12.5 Å². The summed E-state index contributed by atoms with van der Waals surface area (Å²) < 4.78 is 0. The number of anilines is 3. The fourth-order valence-corrected chi connectivity index (χ4v) is 2.46. The van der Waals surface area contributed by atoms with Crippen molar-refractivity contribution in [2.75, 3.05) is 16.0 Å². The van der Waals surface area contributed by atoms with E-state index in [1.54, 1.807) is 18.2 Å². The van der Waals surface area contributed by atoms with Crippen LogP contribution < -0.4 is 16.0 Å². The average Bonchev–Trinajstić information content (AvgIpc) is 2.55. The molecule has 1 heterocycles.